The maximum absolute atomic E-state index is 13.9. The topological polar surface area (TPSA) is 148 Å². The predicted octanol–water partition coefficient (Wildman–Crippen LogP) is 2.64. The van der Waals surface area contributed by atoms with Crippen LogP contribution < -0.4 is 25.8 Å². The smallest absolute Gasteiger partial charge is 0.405 e. The van der Waals surface area contributed by atoms with Crippen molar-refractivity contribution in [3.8, 4) is 0 Å². The fourth-order valence-corrected chi connectivity index (χ4v) is 5.80. The number of carbonyl (C=O) groups excluding carboxylic acids is 4. The average Bonchev–Trinajstić information content (AvgIpc) is 3.56. The molecule has 4 rings (SSSR count). The molecule has 1 unspecified atom stereocenters. The molecule has 1 aromatic heterocycles. The molecule has 0 bridgehead atoms. The summed E-state index contributed by atoms with van der Waals surface area (Å²) >= 11 is 1.52. The summed E-state index contributed by atoms with van der Waals surface area (Å²) in [5.74, 6) is -1.40. The molecule has 1 aromatic carbocycles. The van der Waals surface area contributed by atoms with E-state index in [9.17, 15) is 24.0 Å². The number of fused-ring (bicyclic) bond motifs is 1. The Hall–Kier alpha value is -3.93. The Balaban J connectivity index is 1.61. The molecular formula is C28H35N5O6S. The van der Waals surface area contributed by atoms with Gasteiger partial charge < -0.3 is 30.9 Å². The van der Waals surface area contributed by atoms with Crippen LogP contribution in [0.2, 0.25) is 0 Å². The molecule has 3 atom stereocenters. The van der Waals surface area contributed by atoms with Crippen molar-refractivity contribution < 1.29 is 29.1 Å². The second kappa shape index (κ2) is 12.5. The van der Waals surface area contributed by atoms with Crippen molar-refractivity contribution in [2.75, 3.05) is 16.3 Å². The molecule has 2 aliphatic heterocycles. The zero-order valence-corrected chi connectivity index (χ0v) is 23.6. The van der Waals surface area contributed by atoms with Crippen LogP contribution in [0, 0.1) is 5.92 Å². The number of nitrogens with zero attached hydrogens (tertiary/aromatic N) is 2. The predicted molar refractivity (Wildman–Crippen MR) is 151 cm³/mol. The number of para-hydroxylation sites is 1. The maximum atomic E-state index is 13.9. The largest absolute Gasteiger partial charge is 0.465 e. The van der Waals surface area contributed by atoms with Crippen molar-refractivity contribution in [3.63, 3.8) is 0 Å². The van der Waals surface area contributed by atoms with E-state index in [0.717, 1.165) is 17.5 Å². The molecule has 3 heterocycles. The van der Waals surface area contributed by atoms with Crippen LogP contribution in [0.1, 0.15) is 51.2 Å². The molecule has 0 saturated carbocycles. The van der Waals surface area contributed by atoms with Crippen LogP contribution in [0.25, 0.3) is 0 Å². The number of nitrogens with one attached hydrogen (secondary N) is 3. The average molecular weight is 570 g/mol. The van der Waals surface area contributed by atoms with E-state index >= 15 is 0 Å². The minimum atomic E-state index is -1.35. The first-order valence-electron chi connectivity index (χ1n) is 13.4. The lowest BCUT2D eigenvalue weighted by atomic mass is 9.94. The van der Waals surface area contributed by atoms with Gasteiger partial charge in [0.2, 0.25) is 23.6 Å². The van der Waals surface area contributed by atoms with Crippen LogP contribution in [0.3, 0.4) is 0 Å². The number of carbonyl (C=O) groups is 5. The van der Waals surface area contributed by atoms with Gasteiger partial charge in [-0.2, -0.15) is 11.3 Å². The van der Waals surface area contributed by atoms with Gasteiger partial charge >= 0.3 is 6.09 Å². The van der Waals surface area contributed by atoms with Crippen molar-refractivity contribution in [1.29, 1.82) is 0 Å². The van der Waals surface area contributed by atoms with Gasteiger partial charge in [0, 0.05) is 19.4 Å². The van der Waals surface area contributed by atoms with Crippen molar-refractivity contribution in [1.82, 2.24) is 16.0 Å². The third-order valence-electron chi connectivity index (χ3n) is 7.03. The Morgan fingerprint density at radius 3 is 2.50 bits per heavy atom. The van der Waals surface area contributed by atoms with Gasteiger partial charge in [-0.25, -0.2) is 4.79 Å². The van der Waals surface area contributed by atoms with Crippen molar-refractivity contribution >= 4 is 52.4 Å². The Labute approximate surface area is 236 Å². The molecule has 0 spiro atoms. The molecule has 2 aliphatic rings. The highest BCUT2D eigenvalue weighted by atomic mass is 32.1. The summed E-state index contributed by atoms with van der Waals surface area (Å²) in [4.78, 5) is 66.9. The van der Waals surface area contributed by atoms with Gasteiger partial charge in [0.25, 0.3) is 0 Å². The molecule has 214 valence electrons. The quantitative estimate of drug-likeness (QED) is 0.346. The summed E-state index contributed by atoms with van der Waals surface area (Å²) < 4.78 is 0. The number of amides is 5. The van der Waals surface area contributed by atoms with Crippen LogP contribution in [0.5, 0.6) is 0 Å². The first-order valence-corrected chi connectivity index (χ1v) is 14.3. The van der Waals surface area contributed by atoms with Gasteiger partial charge in [0.1, 0.15) is 18.1 Å². The lowest BCUT2D eigenvalue weighted by Crippen LogP contribution is -2.58. The summed E-state index contributed by atoms with van der Waals surface area (Å²) in [6, 6.07) is 4.65. The summed E-state index contributed by atoms with van der Waals surface area (Å²) in [5, 5.41) is 20.4. The lowest BCUT2D eigenvalue weighted by molar-refractivity contribution is -0.132. The van der Waals surface area contributed by atoms with E-state index in [1.54, 1.807) is 9.80 Å². The molecule has 11 nitrogen and oxygen atoms in total. The molecule has 4 N–H and O–H groups in total. The third-order valence-corrected chi connectivity index (χ3v) is 7.76. The highest BCUT2D eigenvalue weighted by molar-refractivity contribution is 7.07. The zero-order valence-electron chi connectivity index (χ0n) is 22.8. The van der Waals surface area contributed by atoms with E-state index in [1.807, 2.05) is 48.9 Å². The lowest BCUT2D eigenvalue weighted by Gasteiger charge is -2.37. The Morgan fingerprint density at radius 2 is 1.88 bits per heavy atom. The summed E-state index contributed by atoms with van der Waals surface area (Å²) in [5.41, 5.74) is 3.14. The van der Waals surface area contributed by atoms with Gasteiger partial charge in [0.05, 0.1) is 17.9 Å². The van der Waals surface area contributed by atoms with Crippen molar-refractivity contribution in [2.24, 2.45) is 5.92 Å². The van der Waals surface area contributed by atoms with Crippen LogP contribution in [0.4, 0.5) is 16.2 Å². The number of anilines is 2. The number of rotatable bonds is 10. The Kier molecular flexibility index (Phi) is 9.08. The second-order valence-corrected chi connectivity index (χ2v) is 11.4. The maximum Gasteiger partial charge on any atom is 0.405 e. The molecule has 5 amide bonds. The van der Waals surface area contributed by atoms with Crippen LogP contribution in [-0.2, 0) is 32.1 Å². The van der Waals surface area contributed by atoms with E-state index in [4.69, 9.17) is 5.11 Å². The first-order chi connectivity index (χ1) is 19.0. The first kappa shape index (κ1) is 29.1. The molecule has 1 fully saturated rings. The SMILES string of the molecule is CC(C)C[C@@H](NC(=O)[C@H](C)NC(=O)O)C(=O)NC1Cc2cccc(N3CCCC3=O)c2N(Cc2ccsc2)C1=O. The highest BCUT2D eigenvalue weighted by Crippen LogP contribution is 2.40. The van der Waals surface area contributed by atoms with E-state index in [2.05, 4.69) is 16.0 Å². The standard InChI is InChI=1S/C28H35N5O6S/c1-16(2)12-20(30-25(35)17(3)29-28(38)39)26(36)31-21-13-19-6-4-7-22(32-10-5-8-23(32)34)24(19)33(27(21)37)14-18-9-11-40-15-18/h4,6-7,9,11,15-17,20-21,29H,5,8,10,12-14H2,1-3H3,(H,30,35)(H,31,36)(H,38,39)/t17-,20+,21?/m0/s1. The molecule has 12 heteroatoms. The fraction of sp³-hybridized carbons (Fsp3) is 0.464. The molecule has 2 aromatic rings. The van der Waals surface area contributed by atoms with E-state index in [0.29, 0.717) is 30.8 Å². The normalized spacial score (nSPS) is 18.4. The Bertz CT molecular complexity index is 1280. The zero-order chi connectivity index (χ0) is 29.0. The molecule has 0 aliphatic carbocycles. The molecule has 40 heavy (non-hydrogen) atoms. The molecular weight excluding hydrogens is 534 g/mol. The van der Waals surface area contributed by atoms with Gasteiger partial charge in [-0.05, 0) is 59.7 Å². The molecule has 0 radical (unpaired) electrons. The monoisotopic (exact) mass is 569 g/mol. The van der Waals surface area contributed by atoms with Crippen LogP contribution >= 0.6 is 11.3 Å². The van der Waals surface area contributed by atoms with Crippen molar-refractivity contribution in [2.45, 2.75) is 71.1 Å². The third kappa shape index (κ3) is 6.61. The number of benzene rings is 1. The van der Waals surface area contributed by atoms with E-state index in [-0.39, 0.29) is 30.7 Å². The Morgan fingerprint density at radius 1 is 1.10 bits per heavy atom. The minimum Gasteiger partial charge on any atom is -0.465 e. The van der Waals surface area contributed by atoms with Gasteiger partial charge in [-0.1, -0.05) is 26.0 Å². The van der Waals surface area contributed by atoms with Gasteiger partial charge in [0.15, 0.2) is 0 Å². The second-order valence-electron chi connectivity index (χ2n) is 10.6. The highest BCUT2D eigenvalue weighted by Gasteiger charge is 2.39. The number of hydrogen-bond donors (Lipinski definition) is 4. The summed E-state index contributed by atoms with van der Waals surface area (Å²) in [6.07, 6.45) is 0.400. The van der Waals surface area contributed by atoms with Gasteiger partial charge in [-0.15, -0.1) is 0 Å². The summed E-state index contributed by atoms with van der Waals surface area (Å²) in [7, 11) is 0. The van der Waals surface area contributed by atoms with Crippen LogP contribution in [0.15, 0.2) is 35.0 Å². The number of thiophene rings is 1. The summed E-state index contributed by atoms with van der Waals surface area (Å²) in [6.45, 7) is 6.06. The van der Waals surface area contributed by atoms with Crippen molar-refractivity contribution in [3.05, 3.63) is 46.2 Å². The van der Waals surface area contributed by atoms with E-state index in [1.165, 1.54) is 18.3 Å². The van der Waals surface area contributed by atoms with Gasteiger partial charge in [-0.3, -0.25) is 19.2 Å². The van der Waals surface area contributed by atoms with Crippen LogP contribution in [-0.4, -0.2) is 59.5 Å². The minimum absolute atomic E-state index is 0.0191. The van der Waals surface area contributed by atoms with E-state index < -0.39 is 36.0 Å². The molecule has 1 saturated heterocycles. The number of hydrogen-bond acceptors (Lipinski definition) is 6. The fourth-order valence-electron chi connectivity index (χ4n) is 5.14. The number of carboxylic acid groups (broad SMARTS) is 1.